The van der Waals surface area contributed by atoms with Gasteiger partial charge in [0.1, 0.15) is 5.70 Å². The van der Waals surface area contributed by atoms with E-state index in [0.29, 0.717) is 12.2 Å². The number of carbonyl (C=O) groups is 1. The third kappa shape index (κ3) is 4.55. The van der Waals surface area contributed by atoms with Gasteiger partial charge in [0.2, 0.25) is 0 Å². The maximum atomic E-state index is 11.9. The Morgan fingerprint density at radius 2 is 1.87 bits per heavy atom. The second-order valence-electron chi connectivity index (χ2n) is 2.41. The van der Waals surface area contributed by atoms with E-state index in [1.807, 2.05) is 0 Å². The maximum absolute atomic E-state index is 11.9. The summed E-state index contributed by atoms with van der Waals surface area (Å²) in [5.41, 5.74) is 2.66. The summed E-state index contributed by atoms with van der Waals surface area (Å²) < 4.78 is 35.6. The predicted octanol–water partition coefficient (Wildman–Crippen LogP) is 2.15. The van der Waals surface area contributed by atoms with Crippen LogP contribution >= 0.6 is 11.6 Å². The molecule has 3 nitrogen and oxygen atoms in total. The van der Waals surface area contributed by atoms with Crippen molar-refractivity contribution in [2.24, 2.45) is 5.73 Å². The van der Waals surface area contributed by atoms with Gasteiger partial charge in [0.15, 0.2) is 0 Å². The molecule has 0 saturated heterocycles. The summed E-state index contributed by atoms with van der Waals surface area (Å²) in [4.78, 5) is 10.4. The first kappa shape index (κ1) is 13.6. The highest BCUT2D eigenvalue weighted by Crippen LogP contribution is 2.22. The van der Waals surface area contributed by atoms with E-state index in [9.17, 15) is 18.0 Å². The van der Waals surface area contributed by atoms with Crippen molar-refractivity contribution >= 4 is 17.6 Å². The van der Waals surface area contributed by atoms with Gasteiger partial charge >= 0.3 is 12.1 Å². The van der Waals surface area contributed by atoms with E-state index in [1.54, 1.807) is 0 Å². The minimum Gasteiger partial charge on any atom is -0.478 e. The van der Waals surface area contributed by atoms with Gasteiger partial charge in [-0.25, -0.2) is 4.79 Å². The number of hydrogen-bond donors (Lipinski definition) is 2. The average molecular weight is 242 g/mol. The van der Waals surface area contributed by atoms with Crippen LogP contribution in [0, 0.1) is 0 Å². The van der Waals surface area contributed by atoms with Gasteiger partial charge < -0.3 is 10.8 Å². The van der Waals surface area contributed by atoms with Crippen LogP contribution in [0.2, 0.25) is 0 Å². The topological polar surface area (TPSA) is 63.3 Å². The van der Waals surface area contributed by atoms with Crippen molar-refractivity contribution in [3.8, 4) is 0 Å². The molecule has 0 amide bonds. The number of aliphatic carboxylic acids is 1. The fraction of sp³-hybridized carbons (Fsp3) is 0.125. The second-order valence-corrected chi connectivity index (χ2v) is 2.87. The fourth-order valence-corrected chi connectivity index (χ4v) is 0.689. The Balaban J connectivity index is 5.05. The average Bonchev–Trinajstić information content (AvgIpc) is 2.00. The molecule has 0 aromatic rings. The third-order valence-electron chi connectivity index (χ3n) is 1.28. The molecule has 7 heteroatoms. The number of carboxylic acid groups (broad SMARTS) is 1. The predicted molar refractivity (Wildman–Crippen MR) is 49.0 cm³/mol. The highest BCUT2D eigenvalue weighted by Gasteiger charge is 2.30. The van der Waals surface area contributed by atoms with Gasteiger partial charge in [-0.15, -0.1) is 0 Å². The largest absolute Gasteiger partial charge is 0.478 e. The molecule has 0 aliphatic heterocycles. The Labute approximate surface area is 88.3 Å². The molecule has 0 unspecified atom stereocenters. The standard InChI is InChI=1S/C8H7ClF3NO2/c1-4(9)5(7(14)15)2-3-6(13)8(10,11)12/h2-3H,1,13H2,(H,14,15)/b5-2+,6-3-. The van der Waals surface area contributed by atoms with Gasteiger partial charge in [-0.05, 0) is 12.2 Å². The van der Waals surface area contributed by atoms with Crippen LogP contribution in [-0.2, 0) is 4.79 Å². The lowest BCUT2D eigenvalue weighted by atomic mass is 10.2. The number of nitrogens with two attached hydrogens (primary N) is 1. The van der Waals surface area contributed by atoms with Crippen LogP contribution in [0.25, 0.3) is 0 Å². The Morgan fingerprint density at radius 1 is 1.40 bits per heavy atom. The van der Waals surface area contributed by atoms with Crippen LogP contribution in [0.1, 0.15) is 0 Å². The van der Waals surface area contributed by atoms with Crippen molar-refractivity contribution in [2.75, 3.05) is 0 Å². The molecule has 0 aromatic heterocycles. The van der Waals surface area contributed by atoms with Crippen molar-refractivity contribution in [2.45, 2.75) is 6.18 Å². The molecule has 0 aliphatic rings. The van der Waals surface area contributed by atoms with Crippen molar-refractivity contribution < 1.29 is 23.1 Å². The molecule has 84 valence electrons. The lowest BCUT2D eigenvalue weighted by Gasteiger charge is -2.04. The molecular formula is C8H7ClF3NO2. The van der Waals surface area contributed by atoms with E-state index in [-0.39, 0.29) is 5.03 Å². The molecule has 0 bridgehead atoms. The van der Waals surface area contributed by atoms with Crippen LogP contribution in [0.3, 0.4) is 0 Å². The highest BCUT2D eigenvalue weighted by atomic mass is 35.5. The summed E-state index contributed by atoms with van der Waals surface area (Å²) in [5.74, 6) is -1.48. The van der Waals surface area contributed by atoms with Crippen molar-refractivity contribution in [3.05, 3.63) is 35.0 Å². The minimum atomic E-state index is -4.70. The molecule has 3 N–H and O–H groups in total. The molecule has 0 spiro atoms. The van der Waals surface area contributed by atoms with Crippen LogP contribution in [-0.4, -0.2) is 17.3 Å². The van der Waals surface area contributed by atoms with Crippen molar-refractivity contribution in [3.63, 3.8) is 0 Å². The molecule has 0 saturated carbocycles. The van der Waals surface area contributed by atoms with E-state index in [0.717, 1.165) is 0 Å². The summed E-state index contributed by atoms with van der Waals surface area (Å²) in [7, 11) is 0. The molecule has 0 fully saturated rings. The van der Waals surface area contributed by atoms with E-state index >= 15 is 0 Å². The van der Waals surface area contributed by atoms with E-state index in [1.165, 1.54) is 0 Å². The number of alkyl halides is 3. The van der Waals surface area contributed by atoms with E-state index in [4.69, 9.17) is 16.7 Å². The summed E-state index contributed by atoms with van der Waals surface area (Å²) in [6, 6.07) is 0. The zero-order valence-corrected chi connectivity index (χ0v) is 8.06. The number of carboxylic acids is 1. The number of hydrogen-bond acceptors (Lipinski definition) is 2. The molecule has 0 rings (SSSR count). The Kier molecular flexibility index (Phi) is 4.41. The van der Waals surface area contributed by atoms with E-state index < -0.39 is 23.4 Å². The van der Waals surface area contributed by atoms with Crippen molar-refractivity contribution in [1.29, 1.82) is 0 Å². The molecule has 0 atom stereocenters. The summed E-state index contributed by atoms with van der Waals surface area (Å²) in [6.07, 6.45) is -3.65. The van der Waals surface area contributed by atoms with Gasteiger partial charge in [0.25, 0.3) is 0 Å². The summed E-state index contributed by atoms with van der Waals surface area (Å²) in [5, 5.41) is 8.11. The third-order valence-corrected chi connectivity index (χ3v) is 1.48. The van der Waals surface area contributed by atoms with Gasteiger partial charge in [-0.3, -0.25) is 0 Å². The van der Waals surface area contributed by atoms with Crippen LogP contribution in [0.4, 0.5) is 13.2 Å². The Bertz CT molecular complexity index is 328. The molecule has 0 radical (unpaired) electrons. The van der Waals surface area contributed by atoms with E-state index in [2.05, 4.69) is 12.3 Å². The smallest absolute Gasteiger partial charge is 0.430 e. The van der Waals surface area contributed by atoms with Gasteiger partial charge in [-0.2, -0.15) is 13.2 Å². The molecule has 0 aliphatic carbocycles. The Hall–Kier alpha value is -1.43. The lowest BCUT2D eigenvalue weighted by Crippen LogP contribution is -2.19. The minimum absolute atomic E-state index is 0.381. The zero-order valence-electron chi connectivity index (χ0n) is 7.31. The SMILES string of the molecule is C=C(Cl)/C(=C\C=C(/N)C(F)(F)F)C(=O)O. The molecule has 15 heavy (non-hydrogen) atoms. The van der Waals surface area contributed by atoms with Crippen LogP contribution in [0.15, 0.2) is 35.0 Å². The molecule has 0 heterocycles. The first-order valence-electron chi connectivity index (χ1n) is 3.49. The second kappa shape index (κ2) is 4.88. The summed E-state index contributed by atoms with van der Waals surface area (Å²) >= 11 is 5.24. The van der Waals surface area contributed by atoms with Crippen LogP contribution < -0.4 is 5.73 Å². The Morgan fingerprint density at radius 3 is 2.13 bits per heavy atom. The lowest BCUT2D eigenvalue weighted by molar-refractivity contribution is -0.132. The maximum Gasteiger partial charge on any atom is 0.430 e. The molecular weight excluding hydrogens is 235 g/mol. The zero-order chi connectivity index (χ0) is 12.2. The fourth-order valence-electron chi connectivity index (χ4n) is 0.545. The van der Waals surface area contributed by atoms with Crippen LogP contribution in [0.5, 0.6) is 0 Å². The first-order valence-corrected chi connectivity index (χ1v) is 3.86. The number of rotatable bonds is 3. The van der Waals surface area contributed by atoms with Gasteiger partial charge in [-0.1, -0.05) is 18.2 Å². The molecule has 0 aromatic carbocycles. The van der Waals surface area contributed by atoms with Gasteiger partial charge in [0.05, 0.1) is 5.57 Å². The number of allylic oxidation sites excluding steroid dienone is 3. The highest BCUT2D eigenvalue weighted by molar-refractivity contribution is 6.34. The normalized spacial score (nSPS) is 13.9. The quantitative estimate of drug-likeness (QED) is 0.588. The number of halogens is 4. The van der Waals surface area contributed by atoms with Crippen molar-refractivity contribution in [1.82, 2.24) is 0 Å². The summed E-state index contributed by atoms with van der Waals surface area (Å²) in [6.45, 7) is 3.08. The monoisotopic (exact) mass is 241 g/mol. The first-order chi connectivity index (χ1) is 6.66. The van der Waals surface area contributed by atoms with Gasteiger partial charge in [0, 0.05) is 5.03 Å².